The molecule has 3 atom stereocenters. The van der Waals surface area contributed by atoms with Crippen molar-refractivity contribution in [3.8, 4) is 0 Å². The van der Waals surface area contributed by atoms with Crippen molar-refractivity contribution in [1.82, 2.24) is 0 Å². The van der Waals surface area contributed by atoms with Crippen LogP contribution in [0.3, 0.4) is 0 Å². The van der Waals surface area contributed by atoms with E-state index in [4.69, 9.17) is 18.9 Å². The number of Topliss-reactive ketones (excluding diaryl/α,β-unsaturated/α-hetero) is 1. The van der Waals surface area contributed by atoms with Crippen molar-refractivity contribution in [2.24, 2.45) is 17.8 Å². The Morgan fingerprint density at radius 1 is 0.733 bits per heavy atom. The van der Waals surface area contributed by atoms with Crippen molar-refractivity contribution in [2.75, 3.05) is 26.4 Å². The van der Waals surface area contributed by atoms with E-state index in [-0.39, 0.29) is 32.0 Å². The third kappa shape index (κ3) is 3.81. The molecular formula is C20H24O10. The van der Waals surface area contributed by atoms with Crippen molar-refractivity contribution in [2.45, 2.75) is 27.7 Å². The second-order valence-electron chi connectivity index (χ2n) is 6.34. The van der Waals surface area contributed by atoms with Crippen LogP contribution in [0.25, 0.3) is 0 Å². The summed E-state index contributed by atoms with van der Waals surface area (Å²) in [7, 11) is 0. The van der Waals surface area contributed by atoms with Gasteiger partial charge in [-0.05, 0) is 33.3 Å². The average molecular weight is 424 g/mol. The zero-order valence-corrected chi connectivity index (χ0v) is 17.2. The lowest BCUT2D eigenvalue weighted by Crippen LogP contribution is -2.36. The van der Waals surface area contributed by atoms with Gasteiger partial charge in [-0.15, -0.1) is 0 Å². The maximum absolute atomic E-state index is 13.0. The predicted molar refractivity (Wildman–Crippen MR) is 98.7 cm³/mol. The predicted octanol–water partition coefficient (Wildman–Crippen LogP) is 0.792. The Morgan fingerprint density at radius 3 is 1.63 bits per heavy atom. The van der Waals surface area contributed by atoms with Gasteiger partial charge in [-0.1, -0.05) is 0 Å². The second-order valence-corrected chi connectivity index (χ2v) is 6.34. The molecule has 1 N–H and O–H groups in total. The SMILES string of the molecule is CCOC(=O)C1=C(O)[C@H](C(=O)OCC)[C@H]2C1=C(C(=O)OCC)C(=O)[C@H]2C(=O)OCC. The van der Waals surface area contributed by atoms with Gasteiger partial charge in [0.1, 0.15) is 28.7 Å². The number of carbonyl (C=O) groups is 5. The maximum Gasteiger partial charge on any atom is 0.342 e. The Hall–Kier alpha value is -3.17. The van der Waals surface area contributed by atoms with Gasteiger partial charge < -0.3 is 24.1 Å². The molecule has 164 valence electrons. The number of ketones is 1. The van der Waals surface area contributed by atoms with Crippen LogP contribution >= 0.6 is 0 Å². The summed E-state index contributed by atoms with van der Waals surface area (Å²) in [5.41, 5.74) is -1.35. The first-order valence-corrected chi connectivity index (χ1v) is 9.65. The van der Waals surface area contributed by atoms with E-state index in [0.29, 0.717) is 0 Å². The topological polar surface area (TPSA) is 142 Å². The first kappa shape index (κ1) is 23.1. The molecule has 2 aliphatic rings. The van der Waals surface area contributed by atoms with Gasteiger partial charge in [0, 0.05) is 5.92 Å². The number of aliphatic hydroxyl groups is 1. The molecular weight excluding hydrogens is 400 g/mol. The van der Waals surface area contributed by atoms with E-state index in [1.807, 2.05) is 0 Å². The summed E-state index contributed by atoms with van der Waals surface area (Å²) in [6, 6.07) is 0. The van der Waals surface area contributed by atoms with Crippen LogP contribution in [0.15, 0.2) is 22.5 Å². The Bertz CT molecular complexity index is 835. The van der Waals surface area contributed by atoms with Gasteiger partial charge in [-0.3, -0.25) is 14.4 Å². The van der Waals surface area contributed by atoms with Crippen molar-refractivity contribution < 1.29 is 48.0 Å². The van der Waals surface area contributed by atoms with Crippen LogP contribution < -0.4 is 0 Å². The minimum Gasteiger partial charge on any atom is -0.510 e. The molecule has 0 amide bonds. The zero-order valence-electron chi connectivity index (χ0n) is 17.2. The molecule has 0 spiro atoms. The number of fused-ring (bicyclic) bond motifs is 1. The van der Waals surface area contributed by atoms with Gasteiger partial charge in [0.05, 0.1) is 26.4 Å². The molecule has 0 saturated carbocycles. The molecule has 0 heterocycles. The van der Waals surface area contributed by atoms with E-state index in [0.717, 1.165) is 0 Å². The van der Waals surface area contributed by atoms with Crippen LogP contribution in [0, 0.1) is 17.8 Å². The number of hydrogen-bond donors (Lipinski definition) is 1. The number of rotatable bonds is 8. The second kappa shape index (κ2) is 9.55. The molecule has 0 bridgehead atoms. The Kier molecular flexibility index (Phi) is 7.36. The van der Waals surface area contributed by atoms with E-state index in [2.05, 4.69) is 0 Å². The normalized spacial score (nSPS) is 22.7. The van der Waals surface area contributed by atoms with Gasteiger partial charge >= 0.3 is 23.9 Å². The van der Waals surface area contributed by atoms with E-state index in [9.17, 15) is 29.1 Å². The Morgan fingerprint density at radius 2 is 1.17 bits per heavy atom. The molecule has 2 aliphatic carbocycles. The summed E-state index contributed by atoms with van der Waals surface area (Å²) in [6.45, 7) is 5.83. The van der Waals surface area contributed by atoms with E-state index in [1.165, 1.54) is 27.7 Å². The Labute approximate surface area is 172 Å². The lowest BCUT2D eigenvalue weighted by molar-refractivity contribution is -0.155. The monoisotopic (exact) mass is 424 g/mol. The highest BCUT2D eigenvalue weighted by Gasteiger charge is 2.61. The van der Waals surface area contributed by atoms with Gasteiger partial charge in [0.2, 0.25) is 0 Å². The lowest BCUT2D eigenvalue weighted by Gasteiger charge is -2.21. The number of esters is 4. The minimum atomic E-state index is -1.62. The van der Waals surface area contributed by atoms with Crippen LogP contribution in [-0.4, -0.2) is 61.2 Å². The molecule has 0 unspecified atom stereocenters. The quantitative estimate of drug-likeness (QED) is 0.257. The number of aliphatic hydroxyl groups excluding tert-OH is 1. The number of carbonyl (C=O) groups excluding carboxylic acids is 5. The van der Waals surface area contributed by atoms with Gasteiger partial charge in [-0.2, -0.15) is 0 Å². The first-order chi connectivity index (χ1) is 14.3. The van der Waals surface area contributed by atoms with Gasteiger partial charge in [0.15, 0.2) is 5.78 Å². The molecule has 0 aromatic carbocycles. The fourth-order valence-electron chi connectivity index (χ4n) is 3.71. The molecule has 0 aromatic heterocycles. The standard InChI is InChI=1S/C20H24O10/c1-5-27-17(23)11-9-10(13(15(11)21)19(25)29-7-3)14(20(26)30-8-4)16(22)12(9)18(24)28-6-2/h9,11-12,21H,5-8H2,1-4H3/t9-,11-,12+/m1/s1. The number of ether oxygens (including phenoxy) is 4. The van der Waals surface area contributed by atoms with Gasteiger partial charge in [0.25, 0.3) is 0 Å². The summed E-state index contributed by atoms with van der Waals surface area (Å²) in [5.74, 6) is -10.3. The summed E-state index contributed by atoms with van der Waals surface area (Å²) >= 11 is 0. The van der Waals surface area contributed by atoms with Crippen molar-refractivity contribution in [3.05, 3.63) is 22.5 Å². The van der Waals surface area contributed by atoms with Crippen LogP contribution in [-0.2, 0) is 42.9 Å². The van der Waals surface area contributed by atoms with Crippen molar-refractivity contribution >= 4 is 29.7 Å². The molecule has 2 rings (SSSR count). The number of hydrogen-bond acceptors (Lipinski definition) is 10. The van der Waals surface area contributed by atoms with Crippen LogP contribution in [0.2, 0.25) is 0 Å². The minimum absolute atomic E-state index is 0.0497. The fourth-order valence-corrected chi connectivity index (χ4v) is 3.71. The fraction of sp³-hybridized carbons (Fsp3) is 0.550. The highest BCUT2D eigenvalue weighted by atomic mass is 16.5. The highest BCUT2D eigenvalue weighted by molar-refractivity contribution is 6.27. The summed E-state index contributed by atoms with van der Waals surface area (Å²) < 4.78 is 19.8. The first-order valence-electron chi connectivity index (χ1n) is 9.65. The summed E-state index contributed by atoms with van der Waals surface area (Å²) in [6.07, 6.45) is 0. The third-order valence-corrected chi connectivity index (χ3v) is 4.71. The smallest absolute Gasteiger partial charge is 0.342 e. The zero-order chi connectivity index (χ0) is 22.6. The van der Waals surface area contributed by atoms with Gasteiger partial charge in [-0.25, -0.2) is 9.59 Å². The molecule has 0 aliphatic heterocycles. The molecule has 0 saturated heterocycles. The average Bonchev–Trinajstić information content (AvgIpc) is 3.11. The van der Waals surface area contributed by atoms with Crippen LogP contribution in [0.1, 0.15) is 27.7 Å². The molecule has 0 fully saturated rings. The lowest BCUT2D eigenvalue weighted by atomic mass is 9.83. The van der Waals surface area contributed by atoms with Crippen molar-refractivity contribution in [3.63, 3.8) is 0 Å². The third-order valence-electron chi connectivity index (χ3n) is 4.71. The maximum atomic E-state index is 13.0. The largest absolute Gasteiger partial charge is 0.510 e. The summed E-state index contributed by atoms with van der Waals surface area (Å²) in [4.78, 5) is 63.3. The van der Waals surface area contributed by atoms with Crippen LogP contribution in [0.5, 0.6) is 0 Å². The van der Waals surface area contributed by atoms with Crippen molar-refractivity contribution in [1.29, 1.82) is 0 Å². The van der Waals surface area contributed by atoms with E-state index in [1.54, 1.807) is 0 Å². The molecule has 10 heteroatoms. The Balaban J connectivity index is 2.76. The van der Waals surface area contributed by atoms with E-state index < -0.39 is 64.3 Å². The summed E-state index contributed by atoms with van der Waals surface area (Å²) in [5, 5.41) is 10.7. The molecule has 0 aromatic rings. The molecule has 10 nitrogen and oxygen atoms in total. The molecule has 30 heavy (non-hydrogen) atoms. The van der Waals surface area contributed by atoms with E-state index >= 15 is 0 Å². The highest BCUT2D eigenvalue weighted by Crippen LogP contribution is 2.52. The van der Waals surface area contributed by atoms with Crippen LogP contribution in [0.4, 0.5) is 0 Å². The molecule has 0 radical (unpaired) electrons.